The van der Waals surface area contributed by atoms with Gasteiger partial charge in [0.1, 0.15) is 0 Å². The minimum Gasteiger partial charge on any atom is -0.322 e. The smallest absolute Gasteiger partial charge is 0.255 e. The van der Waals surface area contributed by atoms with Gasteiger partial charge in [0.15, 0.2) is 0 Å². The number of aromatic nitrogens is 1. The predicted octanol–water partition coefficient (Wildman–Crippen LogP) is 2.90. The van der Waals surface area contributed by atoms with Gasteiger partial charge in [0.05, 0.1) is 0 Å². The van der Waals surface area contributed by atoms with Crippen molar-refractivity contribution in [2.24, 2.45) is 0 Å². The lowest BCUT2D eigenvalue weighted by Crippen LogP contribution is -2.12. The lowest BCUT2D eigenvalue weighted by atomic mass is 10.1. The molecule has 1 N–H and O–H groups in total. The van der Waals surface area contributed by atoms with Crippen LogP contribution in [0.5, 0.6) is 0 Å². The van der Waals surface area contributed by atoms with Crippen molar-refractivity contribution in [2.45, 2.75) is 13.3 Å². The van der Waals surface area contributed by atoms with E-state index in [0.717, 1.165) is 17.7 Å². The number of nitrogens with one attached hydrogen (secondary N) is 1. The van der Waals surface area contributed by atoms with Gasteiger partial charge in [0.25, 0.3) is 5.91 Å². The molecule has 0 saturated carbocycles. The van der Waals surface area contributed by atoms with Crippen LogP contribution in [0, 0.1) is 0 Å². The Hall–Kier alpha value is -2.16. The van der Waals surface area contributed by atoms with E-state index in [1.165, 1.54) is 0 Å². The first-order valence-corrected chi connectivity index (χ1v) is 5.60. The average Bonchev–Trinajstić information content (AvgIpc) is 2.40. The van der Waals surface area contributed by atoms with Crippen molar-refractivity contribution in [3.05, 3.63) is 59.9 Å². The van der Waals surface area contributed by atoms with Crippen LogP contribution in [-0.2, 0) is 6.42 Å². The van der Waals surface area contributed by atoms with Crippen LogP contribution in [0.25, 0.3) is 0 Å². The van der Waals surface area contributed by atoms with Gasteiger partial charge in [-0.1, -0.05) is 19.1 Å². The molecule has 1 heterocycles. The van der Waals surface area contributed by atoms with Crippen molar-refractivity contribution in [2.75, 3.05) is 5.32 Å². The molecule has 0 bridgehead atoms. The number of anilines is 1. The number of rotatable bonds is 3. The number of benzene rings is 1. The zero-order valence-electron chi connectivity index (χ0n) is 9.68. The zero-order chi connectivity index (χ0) is 12.1. The van der Waals surface area contributed by atoms with Crippen molar-refractivity contribution < 1.29 is 4.79 Å². The summed E-state index contributed by atoms with van der Waals surface area (Å²) in [6.45, 7) is 2.07. The van der Waals surface area contributed by atoms with Crippen molar-refractivity contribution in [1.82, 2.24) is 4.98 Å². The van der Waals surface area contributed by atoms with Gasteiger partial charge in [-0.3, -0.25) is 9.78 Å². The second-order valence-corrected chi connectivity index (χ2v) is 3.74. The lowest BCUT2D eigenvalue weighted by molar-refractivity contribution is 0.102. The van der Waals surface area contributed by atoms with Gasteiger partial charge in [0.2, 0.25) is 0 Å². The Labute approximate surface area is 101 Å². The molecule has 86 valence electrons. The molecular weight excluding hydrogens is 212 g/mol. The number of aryl methyl sites for hydroxylation is 1. The molecule has 1 aromatic heterocycles. The minimum absolute atomic E-state index is 0.0912. The molecule has 0 radical (unpaired) electrons. The monoisotopic (exact) mass is 226 g/mol. The Kier molecular flexibility index (Phi) is 3.50. The number of carbonyl (C=O) groups excluding carboxylic acids is 1. The summed E-state index contributed by atoms with van der Waals surface area (Å²) in [7, 11) is 0. The molecule has 0 unspecified atom stereocenters. The summed E-state index contributed by atoms with van der Waals surface area (Å²) in [6, 6.07) is 11.2. The van der Waals surface area contributed by atoms with Gasteiger partial charge in [-0.05, 0) is 36.2 Å². The second-order valence-electron chi connectivity index (χ2n) is 3.74. The SMILES string of the molecule is CCc1cccc(C(=O)Nc2ccncc2)c1. The van der Waals surface area contributed by atoms with Gasteiger partial charge in [-0.15, -0.1) is 0 Å². The number of nitrogens with zero attached hydrogens (tertiary/aromatic N) is 1. The van der Waals surface area contributed by atoms with Crippen molar-refractivity contribution in [3.63, 3.8) is 0 Å². The van der Waals surface area contributed by atoms with Crippen molar-refractivity contribution in [3.8, 4) is 0 Å². The third-order valence-electron chi connectivity index (χ3n) is 2.54. The molecule has 3 nitrogen and oxygen atoms in total. The highest BCUT2D eigenvalue weighted by molar-refractivity contribution is 6.04. The van der Waals surface area contributed by atoms with Gasteiger partial charge in [0, 0.05) is 23.6 Å². The molecule has 2 rings (SSSR count). The summed E-state index contributed by atoms with van der Waals surface area (Å²) in [5, 5.41) is 2.83. The lowest BCUT2D eigenvalue weighted by Gasteiger charge is -2.05. The molecule has 3 heteroatoms. The topological polar surface area (TPSA) is 42.0 Å². The largest absolute Gasteiger partial charge is 0.322 e. The van der Waals surface area contributed by atoms with E-state index in [4.69, 9.17) is 0 Å². The van der Waals surface area contributed by atoms with Gasteiger partial charge in [-0.2, -0.15) is 0 Å². The maximum Gasteiger partial charge on any atom is 0.255 e. The fourth-order valence-corrected chi connectivity index (χ4v) is 1.57. The molecule has 17 heavy (non-hydrogen) atoms. The third kappa shape index (κ3) is 2.91. The molecule has 1 amide bonds. The number of hydrogen-bond donors (Lipinski definition) is 1. The fraction of sp³-hybridized carbons (Fsp3) is 0.143. The van der Waals surface area contributed by atoms with Crippen LogP contribution in [0.4, 0.5) is 5.69 Å². The Morgan fingerprint density at radius 1 is 1.24 bits per heavy atom. The zero-order valence-corrected chi connectivity index (χ0v) is 9.68. The van der Waals surface area contributed by atoms with Gasteiger partial charge >= 0.3 is 0 Å². The Bertz CT molecular complexity index is 509. The van der Waals surface area contributed by atoms with Crippen molar-refractivity contribution >= 4 is 11.6 Å². The molecule has 0 aliphatic rings. The summed E-state index contributed by atoms with van der Waals surface area (Å²) in [6.07, 6.45) is 4.23. The number of pyridine rings is 1. The van der Waals surface area contributed by atoms with E-state index in [2.05, 4.69) is 17.2 Å². The van der Waals surface area contributed by atoms with E-state index in [9.17, 15) is 4.79 Å². The molecule has 1 aromatic carbocycles. The summed E-state index contributed by atoms with van der Waals surface area (Å²) < 4.78 is 0. The Balaban J connectivity index is 2.14. The van der Waals surface area contributed by atoms with E-state index in [0.29, 0.717) is 5.56 Å². The maximum atomic E-state index is 12.0. The van der Waals surface area contributed by atoms with Crippen LogP contribution in [-0.4, -0.2) is 10.9 Å². The van der Waals surface area contributed by atoms with Crippen LogP contribution in [0.15, 0.2) is 48.8 Å². The van der Waals surface area contributed by atoms with E-state index in [-0.39, 0.29) is 5.91 Å². The van der Waals surface area contributed by atoms with Crippen LogP contribution >= 0.6 is 0 Å². The first kappa shape index (κ1) is 11.3. The summed E-state index contributed by atoms with van der Waals surface area (Å²) in [4.78, 5) is 15.9. The number of hydrogen-bond acceptors (Lipinski definition) is 2. The van der Waals surface area contributed by atoms with Crippen LogP contribution < -0.4 is 5.32 Å². The minimum atomic E-state index is -0.0912. The molecule has 0 atom stereocenters. The van der Waals surface area contributed by atoms with Crippen LogP contribution in [0.1, 0.15) is 22.8 Å². The molecule has 0 fully saturated rings. The van der Waals surface area contributed by atoms with Crippen molar-refractivity contribution in [1.29, 1.82) is 0 Å². The molecular formula is C14H14N2O. The highest BCUT2D eigenvalue weighted by atomic mass is 16.1. The first-order valence-electron chi connectivity index (χ1n) is 5.60. The Morgan fingerprint density at radius 2 is 2.00 bits per heavy atom. The first-order chi connectivity index (χ1) is 8.29. The van der Waals surface area contributed by atoms with E-state index >= 15 is 0 Å². The number of amides is 1. The normalized spacial score (nSPS) is 9.94. The Morgan fingerprint density at radius 3 is 2.71 bits per heavy atom. The number of carbonyl (C=O) groups is 1. The second kappa shape index (κ2) is 5.25. The van der Waals surface area contributed by atoms with Crippen LogP contribution in [0.2, 0.25) is 0 Å². The average molecular weight is 226 g/mol. The van der Waals surface area contributed by atoms with E-state index < -0.39 is 0 Å². The fourth-order valence-electron chi connectivity index (χ4n) is 1.57. The quantitative estimate of drug-likeness (QED) is 0.874. The van der Waals surface area contributed by atoms with Gasteiger partial charge < -0.3 is 5.32 Å². The highest BCUT2D eigenvalue weighted by Gasteiger charge is 2.05. The van der Waals surface area contributed by atoms with E-state index in [1.54, 1.807) is 24.5 Å². The molecule has 2 aromatic rings. The molecule has 0 aliphatic carbocycles. The standard InChI is InChI=1S/C14H14N2O/c1-2-11-4-3-5-12(10-11)14(17)16-13-6-8-15-9-7-13/h3-10H,2H2,1H3,(H,15,16,17). The third-order valence-corrected chi connectivity index (χ3v) is 2.54. The van der Waals surface area contributed by atoms with Crippen LogP contribution in [0.3, 0.4) is 0 Å². The predicted molar refractivity (Wildman–Crippen MR) is 68.0 cm³/mol. The summed E-state index contributed by atoms with van der Waals surface area (Å²) in [5.41, 5.74) is 2.60. The molecule has 0 saturated heterocycles. The molecule has 0 spiro atoms. The highest BCUT2D eigenvalue weighted by Crippen LogP contribution is 2.10. The van der Waals surface area contributed by atoms with Gasteiger partial charge in [-0.25, -0.2) is 0 Å². The summed E-state index contributed by atoms with van der Waals surface area (Å²) >= 11 is 0. The summed E-state index contributed by atoms with van der Waals surface area (Å²) in [5.74, 6) is -0.0912. The van der Waals surface area contributed by atoms with E-state index in [1.807, 2.05) is 24.3 Å². The maximum absolute atomic E-state index is 12.0. The molecule has 0 aliphatic heterocycles.